The molecule has 4 heteroatoms. The van der Waals surface area contributed by atoms with E-state index in [2.05, 4.69) is 4.99 Å². The lowest BCUT2D eigenvalue weighted by molar-refractivity contribution is 0.415. The van der Waals surface area contributed by atoms with E-state index in [-0.39, 0.29) is 0 Å². The van der Waals surface area contributed by atoms with Crippen LogP contribution in [-0.4, -0.2) is 12.9 Å². The Morgan fingerprint density at radius 3 is 2.76 bits per heavy atom. The van der Waals surface area contributed by atoms with Crippen molar-refractivity contribution in [2.24, 2.45) is 10.7 Å². The number of hydrogen-bond acceptors (Lipinski definition) is 3. The molecular weight excluding hydrogens is 264 g/mol. The van der Waals surface area contributed by atoms with E-state index in [1.54, 1.807) is 14.0 Å². The van der Waals surface area contributed by atoms with E-state index in [1.807, 2.05) is 48.5 Å². The van der Waals surface area contributed by atoms with Crippen molar-refractivity contribution in [2.45, 2.75) is 6.92 Å². The number of aliphatic imine (C=N–C) groups is 1. The number of methoxy groups -OCH3 is 1. The van der Waals surface area contributed by atoms with Gasteiger partial charge in [-0.15, -0.1) is 0 Å². The zero-order valence-corrected chi connectivity index (χ0v) is 12.0. The molecule has 0 unspecified atom stereocenters. The van der Waals surface area contributed by atoms with Crippen molar-refractivity contribution in [1.82, 2.24) is 0 Å². The van der Waals surface area contributed by atoms with Crippen molar-refractivity contribution in [2.75, 3.05) is 7.11 Å². The highest BCUT2D eigenvalue weighted by atomic mass is 16.5. The van der Waals surface area contributed by atoms with Crippen LogP contribution in [0.3, 0.4) is 0 Å². The molecule has 3 rings (SSSR count). The van der Waals surface area contributed by atoms with Gasteiger partial charge in [0, 0.05) is 10.9 Å². The Bertz CT molecular complexity index is 815. The fraction of sp³-hybridized carbons (Fsp3) is 0.118. The average molecular weight is 280 g/mol. The highest BCUT2D eigenvalue weighted by Crippen LogP contribution is 2.31. The first-order valence-electron chi connectivity index (χ1n) is 6.64. The Kier molecular flexibility index (Phi) is 3.36. The summed E-state index contributed by atoms with van der Waals surface area (Å²) in [5, 5.41) is 0.996. The first-order valence-corrected chi connectivity index (χ1v) is 6.64. The number of hydrogen-bond donors (Lipinski definition) is 1. The summed E-state index contributed by atoms with van der Waals surface area (Å²) in [5.41, 5.74) is 8.23. The maximum absolute atomic E-state index is 5.88. The van der Waals surface area contributed by atoms with Gasteiger partial charge in [0.05, 0.1) is 18.6 Å². The summed E-state index contributed by atoms with van der Waals surface area (Å²) < 4.78 is 11.1. The van der Waals surface area contributed by atoms with Crippen LogP contribution in [0.1, 0.15) is 6.92 Å². The fourth-order valence-corrected chi connectivity index (χ4v) is 2.22. The van der Waals surface area contributed by atoms with Gasteiger partial charge in [-0.2, -0.15) is 0 Å². The minimum absolute atomic E-state index is 0.533. The molecule has 0 radical (unpaired) electrons. The molecular formula is C17H16N2O2. The summed E-state index contributed by atoms with van der Waals surface area (Å²) in [6, 6.07) is 15.5. The first kappa shape index (κ1) is 13.2. The molecule has 0 amide bonds. The second-order valence-corrected chi connectivity index (χ2v) is 4.82. The smallest absolute Gasteiger partial charge is 0.135 e. The van der Waals surface area contributed by atoms with Gasteiger partial charge in [0.25, 0.3) is 0 Å². The topological polar surface area (TPSA) is 60.8 Å². The quantitative estimate of drug-likeness (QED) is 0.580. The van der Waals surface area contributed by atoms with E-state index in [9.17, 15) is 0 Å². The van der Waals surface area contributed by atoms with Crippen molar-refractivity contribution in [3.05, 3.63) is 48.5 Å². The molecule has 0 saturated heterocycles. The van der Waals surface area contributed by atoms with Crippen LogP contribution < -0.4 is 10.5 Å². The zero-order chi connectivity index (χ0) is 14.8. The van der Waals surface area contributed by atoms with E-state index in [0.29, 0.717) is 5.84 Å². The lowest BCUT2D eigenvalue weighted by atomic mass is 10.1. The number of rotatable bonds is 3. The van der Waals surface area contributed by atoms with Gasteiger partial charge in [0.15, 0.2) is 0 Å². The maximum Gasteiger partial charge on any atom is 0.135 e. The number of nitrogens with two attached hydrogens (primary N) is 1. The van der Waals surface area contributed by atoms with Crippen LogP contribution in [0.25, 0.3) is 22.3 Å². The lowest BCUT2D eigenvalue weighted by Gasteiger charge is -2.01. The van der Waals surface area contributed by atoms with Gasteiger partial charge >= 0.3 is 0 Å². The van der Waals surface area contributed by atoms with Gasteiger partial charge in [-0.05, 0) is 43.3 Å². The van der Waals surface area contributed by atoms with Crippen molar-refractivity contribution in [3.63, 3.8) is 0 Å². The molecule has 0 fully saturated rings. The third kappa shape index (κ3) is 2.74. The molecule has 0 bridgehead atoms. The highest BCUT2D eigenvalue weighted by molar-refractivity contribution is 5.87. The number of ether oxygens (including phenoxy) is 1. The minimum atomic E-state index is 0.533. The number of nitrogens with zero attached hydrogens (tertiary/aromatic N) is 1. The molecule has 0 spiro atoms. The van der Waals surface area contributed by atoms with Crippen molar-refractivity contribution in [1.29, 1.82) is 0 Å². The van der Waals surface area contributed by atoms with Crippen molar-refractivity contribution < 1.29 is 9.15 Å². The van der Waals surface area contributed by atoms with E-state index < -0.39 is 0 Å². The molecule has 1 heterocycles. The van der Waals surface area contributed by atoms with Crippen LogP contribution in [0.4, 0.5) is 5.69 Å². The third-order valence-corrected chi connectivity index (χ3v) is 3.16. The summed E-state index contributed by atoms with van der Waals surface area (Å²) in [6.07, 6.45) is 0. The molecule has 0 aliphatic rings. The minimum Gasteiger partial charge on any atom is -0.497 e. The lowest BCUT2D eigenvalue weighted by Crippen LogP contribution is -2.03. The van der Waals surface area contributed by atoms with Gasteiger partial charge in [0.2, 0.25) is 0 Å². The Morgan fingerprint density at radius 2 is 2.00 bits per heavy atom. The Balaban J connectivity index is 2.06. The van der Waals surface area contributed by atoms with Crippen molar-refractivity contribution in [3.8, 4) is 17.1 Å². The predicted molar refractivity (Wildman–Crippen MR) is 85.2 cm³/mol. The highest BCUT2D eigenvalue weighted by Gasteiger charge is 2.07. The van der Waals surface area contributed by atoms with Gasteiger partial charge < -0.3 is 14.9 Å². The van der Waals surface area contributed by atoms with Crippen LogP contribution in [0.15, 0.2) is 57.9 Å². The van der Waals surface area contributed by atoms with Gasteiger partial charge in [-0.3, -0.25) is 0 Å². The number of benzene rings is 2. The Labute approximate surface area is 122 Å². The summed E-state index contributed by atoms with van der Waals surface area (Å²) >= 11 is 0. The second-order valence-electron chi connectivity index (χ2n) is 4.82. The molecule has 106 valence electrons. The normalized spacial score (nSPS) is 11.8. The van der Waals surface area contributed by atoms with E-state index in [1.165, 1.54) is 0 Å². The van der Waals surface area contributed by atoms with Crippen LogP contribution in [0.2, 0.25) is 0 Å². The van der Waals surface area contributed by atoms with Crippen LogP contribution in [-0.2, 0) is 0 Å². The standard InChI is InChI=1S/C17H16N2O2/c1-11(18)19-14-6-7-16-13(8-14)10-17(21-16)12-4-3-5-15(9-12)20-2/h3-10H,1-2H3,(H2,18,19). The molecule has 0 atom stereocenters. The molecule has 2 aromatic carbocycles. The van der Waals surface area contributed by atoms with Crippen LogP contribution >= 0.6 is 0 Å². The molecule has 0 saturated carbocycles. The molecule has 4 nitrogen and oxygen atoms in total. The molecule has 21 heavy (non-hydrogen) atoms. The average Bonchev–Trinajstić information content (AvgIpc) is 2.90. The van der Waals surface area contributed by atoms with E-state index >= 15 is 0 Å². The predicted octanol–water partition coefficient (Wildman–Crippen LogP) is 4.12. The molecule has 3 aromatic rings. The molecule has 2 N–H and O–H groups in total. The molecule has 1 aromatic heterocycles. The van der Waals surface area contributed by atoms with E-state index in [4.69, 9.17) is 14.9 Å². The number of fused-ring (bicyclic) bond motifs is 1. The monoisotopic (exact) mass is 280 g/mol. The number of furan rings is 1. The summed E-state index contributed by atoms with van der Waals surface area (Å²) in [6.45, 7) is 1.77. The van der Waals surface area contributed by atoms with Crippen LogP contribution in [0, 0.1) is 0 Å². The van der Waals surface area contributed by atoms with Crippen molar-refractivity contribution >= 4 is 22.5 Å². The largest absolute Gasteiger partial charge is 0.497 e. The molecule has 0 aliphatic carbocycles. The summed E-state index contributed by atoms with van der Waals surface area (Å²) in [4.78, 5) is 4.25. The zero-order valence-electron chi connectivity index (χ0n) is 12.0. The maximum atomic E-state index is 5.88. The number of amidine groups is 1. The second kappa shape index (κ2) is 5.32. The summed E-state index contributed by atoms with van der Waals surface area (Å²) in [7, 11) is 1.65. The van der Waals surface area contributed by atoms with Gasteiger partial charge in [0.1, 0.15) is 17.1 Å². The van der Waals surface area contributed by atoms with Crippen LogP contribution in [0.5, 0.6) is 5.75 Å². The van der Waals surface area contributed by atoms with E-state index in [0.717, 1.165) is 33.7 Å². The SMILES string of the molecule is COc1cccc(-c2cc3cc(N=C(C)N)ccc3o2)c1. The Hall–Kier alpha value is -2.75. The van der Waals surface area contributed by atoms with Gasteiger partial charge in [-0.25, -0.2) is 4.99 Å². The molecule has 0 aliphatic heterocycles. The Morgan fingerprint density at radius 1 is 1.14 bits per heavy atom. The third-order valence-electron chi connectivity index (χ3n) is 3.16. The van der Waals surface area contributed by atoms with Gasteiger partial charge in [-0.1, -0.05) is 12.1 Å². The first-order chi connectivity index (χ1) is 10.2. The fourth-order valence-electron chi connectivity index (χ4n) is 2.22. The summed E-state index contributed by atoms with van der Waals surface area (Å²) in [5.74, 6) is 2.14.